The van der Waals surface area contributed by atoms with E-state index in [0.717, 1.165) is 0 Å². The molecule has 2 fully saturated rings. The van der Waals surface area contributed by atoms with Crippen molar-refractivity contribution in [2.45, 2.75) is 25.5 Å². The van der Waals surface area contributed by atoms with E-state index < -0.39 is 6.10 Å². The third-order valence-electron chi connectivity index (χ3n) is 3.61. The van der Waals surface area contributed by atoms with Crippen molar-refractivity contribution < 1.29 is 14.7 Å². The average molecular weight is 270 g/mol. The number of piperazine rings is 1. The molecule has 3 N–H and O–H groups in total. The van der Waals surface area contributed by atoms with E-state index in [9.17, 15) is 14.7 Å². The van der Waals surface area contributed by atoms with E-state index in [1.54, 1.807) is 9.80 Å². The minimum absolute atomic E-state index is 0.0344. The molecule has 0 spiro atoms. The fourth-order valence-electron chi connectivity index (χ4n) is 2.52. The zero-order valence-electron chi connectivity index (χ0n) is 11.3. The Hall–Kier alpha value is -1.34. The van der Waals surface area contributed by atoms with Crippen molar-refractivity contribution in [3.8, 4) is 0 Å². The monoisotopic (exact) mass is 270 g/mol. The number of urea groups is 1. The summed E-state index contributed by atoms with van der Waals surface area (Å²) < 4.78 is 0. The first kappa shape index (κ1) is 14.1. The van der Waals surface area contributed by atoms with Crippen LogP contribution < -0.4 is 10.6 Å². The Kier molecular flexibility index (Phi) is 4.60. The molecule has 0 aromatic rings. The van der Waals surface area contributed by atoms with Crippen LogP contribution in [0.1, 0.15) is 13.3 Å². The van der Waals surface area contributed by atoms with Crippen molar-refractivity contribution in [2.24, 2.45) is 0 Å². The van der Waals surface area contributed by atoms with E-state index in [0.29, 0.717) is 45.7 Å². The molecular formula is C12H22N4O3. The molecule has 2 heterocycles. The molecule has 7 nitrogen and oxygen atoms in total. The minimum Gasteiger partial charge on any atom is -0.392 e. The number of carbonyl (C=O) groups is 2. The first-order valence-electron chi connectivity index (χ1n) is 6.84. The van der Waals surface area contributed by atoms with E-state index in [-0.39, 0.29) is 18.0 Å². The van der Waals surface area contributed by atoms with Gasteiger partial charge in [0.05, 0.1) is 12.1 Å². The van der Waals surface area contributed by atoms with E-state index in [1.165, 1.54) is 0 Å². The predicted molar refractivity (Wildman–Crippen MR) is 69.6 cm³/mol. The van der Waals surface area contributed by atoms with Crippen LogP contribution in [0.4, 0.5) is 4.79 Å². The molecule has 0 aliphatic carbocycles. The highest BCUT2D eigenvalue weighted by Crippen LogP contribution is 2.11. The van der Waals surface area contributed by atoms with Crippen LogP contribution in [-0.4, -0.2) is 78.3 Å². The number of nitrogens with one attached hydrogen (secondary N) is 2. The fourth-order valence-corrected chi connectivity index (χ4v) is 2.52. The molecule has 2 aliphatic rings. The second kappa shape index (κ2) is 6.21. The number of aliphatic hydroxyl groups excluding tert-OH is 1. The number of hydrogen-bond donors (Lipinski definition) is 3. The van der Waals surface area contributed by atoms with Gasteiger partial charge < -0.3 is 25.5 Å². The Bertz CT molecular complexity index is 342. The molecule has 108 valence electrons. The lowest BCUT2D eigenvalue weighted by Crippen LogP contribution is -2.55. The first-order valence-corrected chi connectivity index (χ1v) is 6.84. The summed E-state index contributed by atoms with van der Waals surface area (Å²) in [6, 6.07) is -0.338. The Morgan fingerprint density at radius 2 is 1.89 bits per heavy atom. The average Bonchev–Trinajstić information content (AvgIpc) is 2.85. The zero-order valence-corrected chi connectivity index (χ0v) is 11.3. The van der Waals surface area contributed by atoms with Gasteiger partial charge in [-0.15, -0.1) is 0 Å². The highest BCUT2D eigenvalue weighted by molar-refractivity contribution is 5.82. The van der Waals surface area contributed by atoms with Gasteiger partial charge in [0.25, 0.3) is 0 Å². The number of aliphatic hydroxyl groups is 1. The normalized spacial score (nSPS) is 27.5. The number of amides is 3. The van der Waals surface area contributed by atoms with Crippen molar-refractivity contribution in [1.29, 1.82) is 0 Å². The summed E-state index contributed by atoms with van der Waals surface area (Å²) >= 11 is 0. The van der Waals surface area contributed by atoms with Crippen molar-refractivity contribution in [3.05, 3.63) is 0 Å². The Morgan fingerprint density at radius 3 is 2.42 bits per heavy atom. The van der Waals surface area contributed by atoms with Gasteiger partial charge in [0.15, 0.2) is 0 Å². The third kappa shape index (κ3) is 3.36. The van der Waals surface area contributed by atoms with Crippen molar-refractivity contribution in [3.63, 3.8) is 0 Å². The summed E-state index contributed by atoms with van der Waals surface area (Å²) in [5.74, 6) is 0.0344. The van der Waals surface area contributed by atoms with Crippen LogP contribution in [0.5, 0.6) is 0 Å². The first-order chi connectivity index (χ1) is 9.11. The molecule has 0 radical (unpaired) electrons. The summed E-state index contributed by atoms with van der Waals surface area (Å²) in [6.45, 7) is 5.22. The largest absolute Gasteiger partial charge is 0.392 e. The van der Waals surface area contributed by atoms with Crippen LogP contribution in [0.25, 0.3) is 0 Å². The molecule has 2 unspecified atom stereocenters. The zero-order chi connectivity index (χ0) is 13.8. The maximum absolute atomic E-state index is 12.2. The number of hydrogen-bond acceptors (Lipinski definition) is 4. The van der Waals surface area contributed by atoms with Gasteiger partial charge in [-0.05, 0) is 13.3 Å². The van der Waals surface area contributed by atoms with Crippen LogP contribution in [0, 0.1) is 0 Å². The summed E-state index contributed by atoms with van der Waals surface area (Å²) in [7, 11) is 0. The molecule has 19 heavy (non-hydrogen) atoms. The standard InChI is InChI=1S/C12H22N4O3/c1-2-13-12(19)16-5-3-15(4-6-16)11(18)10-7-9(17)8-14-10/h9-10,14,17H,2-8H2,1H3,(H,13,19). The highest BCUT2D eigenvalue weighted by Gasteiger charge is 2.33. The van der Waals surface area contributed by atoms with E-state index in [4.69, 9.17) is 0 Å². The van der Waals surface area contributed by atoms with Crippen molar-refractivity contribution in [2.75, 3.05) is 39.3 Å². The molecule has 2 rings (SSSR count). The maximum atomic E-state index is 12.2. The molecule has 2 aliphatic heterocycles. The SMILES string of the molecule is CCNC(=O)N1CCN(C(=O)C2CC(O)CN2)CC1. The summed E-state index contributed by atoms with van der Waals surface area (Å²) in [6.07, 6.45) is 0.0561. The Morgan fingerprint density at radius 1 is 1.26 bits per heavy atom. The maximum Gasteiger partial charge on any atom is 0.317 e. The van der Waals surface area contributed by atoms with Crippen LogP contribution in [-0.2, 0) is 4.79 Å². The quantitative estimate of drug-likeness (QED) is 0.575. The molecule has 0 aromatic carbocycles. The fraction of sp³-hybridized carbons (Fsp3) is 0.833. The lowest BCUT2D eigenvalue weighted by molar-refractivity contribution is -0.134. The van der Waals surface area contributed by atoms with Crippen LogP contribution in [0.15, 0.2) is 0 Å². The molecule has 2 saturated heterocycles. The number of β-amino-alcohol motifs (C(OH)–C–C–N with tert-alkyl or cyclic N) is 1. The summed E-state index contributed by atoms with van der Waals surface area (Å²) in [5.41, 5.74) is 0. The van der Waals surface area contributed by atoms with Gasteiger partial charge >= 0.3 is 6.03 Å². The second-order valence-electron chi connectivity index (χ2n) is 5.00. The van der Waals surface area contributed by atoms with Gasteiger partial charge in [-0.25, -0.2) is 4.79 Å². The molecule has 7 heteroatoms. The molecule has 3 amide bonds. The third-order valence-corrected chi connectivity index (χ3v) is 3.61. The minimum atomic E-state index is -0.425. The van der Waals surface area contributed by atoms with Crippen LogP contribution >= 0.6 is 0 Å². The highest BCUT2D eigenvalue weighted by atomic mass is 16.3. The van der Waals surface area contributed by atoms with Gasteiger partial charge in [-0.1, -0.05) is 0 Å². The van der Waals surface area contributed by atoms with Gasteiger partial charge in [-0.2, -0.15) is 0 Å². The number of carbonyl (C=O) groups excluding carboxylic acids is 2. The van der Waals surface area contributed by atoms with Crippen molar-refractivity contribution >= 4 is 11.9 Å². The Balaban J connectivity index is 1.79. The predicted octanol–water partition coefficient (Wildman–Crippen LogP) is -1.42. The number of nitrogens with zero attached hydrogens (tertiary/aromatic N) is 2. The van der Waals surface area contributed by atoms with Crippen LogP contribution in [0.3, 0.4) is 0 Å². The molecule has 0 saturated carbocycles. The van der Waals surface area contributed by atoms with Gasteiger partial charge in [0, 0.05) is 39.3 Å². The van der Waals surface area contributed by atoms with Gasteiger partial charge in [0.1, 0.15) is 0 Å². The van der Waals surface area contributed by atoms with Gasteiger partial charge in [-0.3, -0.25) is 4.79 Å². The molecule has 0 bridgehead atoms. The van der Waals surface area contributed by atoms with E-state index >= 15 is 0 Å². The smallest absolute Gasteiger partial charge is 0.317 e. The van der Waals surface area contributed by atoms with E-state index in [1.807, 2.05) is 6.92 Å². The molecular weight excluding hydrogens is 248 g/mol. The summed E-state index contributed by atoms with van der Waals surface area (Å²) in [4.78, 5) is 27.3. The topological polar surface area (TPSA) is 84.9 Å². The lowest BCUT2D eigenvalue weighted by atomic mass is 10.1. The van der Waals surface area contributed by atoms with Gasteiger partial charge in [0.2, 0.25) is 5.91 Å². The Labute approximate surface area is 112 Å². The summed E-state index contributed by atoms with van der Waals surface area (Å²) in [5, 5.41) is 15.2. The van der Waals surface area contributed by atoms with Crippen molar-refractivity contribution in [1.82, 2.24) is 20.4 Å². The second-order valence-corrected chi connectivity index (χ2v) is 5.00. The molecule has 2 atom stereocenters. The van der Waals surface area contributed by atoms with Crippen LogP contribution in [0.2, 0.25) is 0 Å². The van der Waals surface area contributed by atoms with E-state index in [2.05, 4.69) is 10.6 Å². The molecule has 0 aromatic heterocycles. The lowest BCUT2D eigenvalue weighted by Gasteiger charge is -2.35. The number of rotatable bonds is 2.